The van der Waals surface area contributed by atoms with Gasteiger partial charge in [-0.25, -0.2) is 0 Å². The molecule has 2 rings (SSSR count). The van der Waals surface area contributed by atoms with Crippen LogP contribution in [0.1, 0.15) is 59.8 Å². The monoisotopic (exact) mass is 322 g/mol. The number of fused-ring (bicyclic) bond motifs is 2. The maximum atomic E-state index is 13.1. The van der Waals surface area contributed by atoms with Crippen molar-refractivity contribution in [3.63, 3.8) is 0 Å². The van der Waals surface area contributed by atoms with E-state index in [0.29, 0.717) is 12.8 Å². The normalized spacial score (nSPS) is 41.1. The first-order chi connectivity index (χ1) is 10.9. The number of carbonyl (C=O) groups excluding carboxylic acids is 2. The average Bonchev–Trinajstić information content (AvgIpc) is 3.09. The molecule has 4 heteroatoms. The summed E-state index contributed by atoms with van der Waals surface area (Å²) in [6, 6.07) is 0. The van der Waals surface area contributed by atoms with Gasteiger partial charge in [-0.15, -0.1) is 0 Å². The van der Waals surface area contributed by atoms with Crippen LogP contribution in [0.3, 0.4) is 0 Å². The first-order valence-electron chi connectivity index (χ1n) is 8.74. The van der Waals surface area contributed by atoms with Crippen LogP contribution in [0, 0.1) is 21.7 Å². The van der Waals surface area contributed by atoms with Crippen molar-refractivity contribution in [3.8, 4) is 0 Å². The SMILES string of the molecule is CCC1(C(=O)OC)C(CC)(C(=O)OC)[C@]2(CC)C=C[C@]1(CC)C2. The summed E-state index contributed by atoms with van der Waals surface area (Å²) in [7, 11) is 2.85. The molecule has 2 unspecified atom stereocenters. The molecule has 4 atom stereocenters. The Labute approximate surface area is 139 Å². The molecule has 130 valence electrons. The molecule has 2 aliphatic rings. The van der Waals surface area contributed by atoms with Crippen molar-refractivity contribution in [2.45, 2.75) is 59.8 Å². The van der Waals surface area contributed by atoms with Gasteiger partial charge in [0, 0.05) is 10.8 Å². The second-order valence-electron chi connectivity index (χ2n) is 7.03. The van der Waals surface area contributed by atoms with Crippen LogP contribution in [0.15, 0.2) is 12.2 Å². The zero-order chi connectivity index (χ0) is 17.5. The third-order valence-electron chi connectivity index (χ3n) is 7.17. The van der Waals surface area contributed by atoms with Gasteiger partial charge in [0.05, 0.1) is 25.0 Å². The minimum atomic E-state index is -0.865. The lowest BCUT2D eigenvalue weighted by molar-refractivity contribution is -0.192. The molecule has 0 aromatic carbocycles. The number of ether oxygens (including phenoxy) is 2. The molecule has 0 aromatic heterocycles. The van der Waals surface area contributed by atoms with E-state index in [4.69, 9.17) is 9.47 Å². The van der Waals surface area contributed by atoms with Crippen molar-refractivity contribution >= 4 is 11.9 Å². The molecule has 0 amide bonds. The van der Waals surface area contributed by atoms with Crippen LogP contribution in [-0.2, 0) is 19.1 Å². The van der Waals surface area contributed by atoms with Crippen molar-refractivity contribution in [1.82, 2.24) is 0 Å². The van der Waals surface area contributed by atoms with Gasteiger partial charge in [-0.05, 0) is 32.1 Å². The lowest BCUT2D eigenvalue weighted by Gasteiger charge is -2.54. The summed E-state index contributed by atoms with van der Waals surface area (Å²) >= 11 is 0. The molecule has 1 fully saturated rings. The molecule has 0 aliphatic heterocycles. The fourth-order valence-electron chi connectivity index (χ4n) is 6.23. The van der Waals surface area contributed by atoms with E-state index in [2.05, 4.69) is 26.0 Å². The Morgan fingerprint density at radius 2 is 1.13 bits per heavy atom. The molecule has 0 spiro atoms. The molecule has 4 nitrogen and oxygen atoms in total. The van der Waals surface area contributed by atoms with Crippen molar-refractivity contribution < 1.29 is 19.1 Å². The lowest BCUT2D eigenvalue weighted by Crippen LogP contribution is -2.61. The third-order valence-corrected chi connectivity index (χ3v) is 7.17. The fourth-order valence-corrected chi connectivity index (χ4v) is 6.23. The van der Waals surface area contributed by atoms with Crippen molar-refractivity contribution in [2.75, 3.05) is 14.2 Å². The Morgan fingerprint density at radius 3 is 1.35 bits per heavy atom. The number of hydrogen-bond acceptors (Lipinski definition) is 4. The van der Waals surface area contributed by atoms with E-state index in [-0.39, 0.29) is 22.8 Å². The van der Waals surface area contributed by atoms with Crippen LogP contribution in [0.25, 0.3) is 0 Å². The maximum Gasteiger partial charge on any atom is 0.313 e. The molecule has 0 heterocycles. The van der Waals surface area contributed by atoms with E-state index < -0.39 is 10.8 Å². The number of allylic oxidation sites excluding steroid dienone is 2. The van der Waals surface area contributed by atoms with Crippen LogP contribution >= 0.6 is 0 Å². The zero-order valence-electron chi connectivity index (χ0n) is 15.3. The molecule has 23 heavy (non-hydrogen) atoms. The Balaban J connectivity index is 2.90. The predicted molar refractivity (Wildman–Crippen MR) is 88.7 cm³/mol. The van der Waals surface area contributed by atoms with Gasteiger partial charge in [0.15, 0.2) is 0 Å². The highest BCUT2D eigenvalue weighted by molar-refractivity contribution is 5.92. The summed E-state index contributed by atoms with van der Waals surface area (Å²) in [5, 5.41) is 0. The van der Waals surface area contributed by atoms with E-state index in [1.54, 1.807) is 0 Å². The summed E-state index contributed by atoms with van der Waals surface area (Å²) in [5.74, 6) is -0.539. The van der Waals surface area contributed by atoms with Crippen LogP contribution in [0.5, 0.6) is 0 Å². The second-order valence-corrected chi connectivity index (χ2v) is 7.03. The predicted octanol–water partition coefficient (Wildman–Crippen LogP) is 3.89. The largest absolute Gasteiger partial charge is 0.469 e. The highest BCUT2D eigenvalue weighted by atomic mass is 16.5. The van der Waals surface area contributed by atoms with Gasteiger partial charge in [-0.3, -0.25) is 9.59 Å². The topological polar surface area (TPSA) is 52.6 Å². The van der Waals surface area contributed by atoms with Gasteiger partial charge in [-0.1, -0.05) is 39.8 Å². The molecule has 2 bridgehead atoms. The fraction of sp³-hybridized carbons (Fsp3) is 0.789. The number of hydrogen-bond donors (Lipinski definition) is 0. The number of rotatable bonds is 6. The van der Waals surface area contributed by atoms with Crippen molar-refractivity contribution in [1.29, 1.82) is 0 Å². The number of carbonyl (C=O) groups is 2. The number of esters is 2. The minimum Gasteiger partial charge on any atom is -0.469 e. The van der Waals surface area contributed by atoms with Crippen LogP contribution in [-0.4, -0.2) is 26.2 Å². The van der Waals surface area contributed by atoms with Gasteiger partial charge >= 0.3 is 11.9 Å². The summed E-state index contributed by atoms with van der Waals surface area (Å²) < 4.78 is 10.5. The third kappa shape index (κ3) is 1.62. The Bertz CT molecular complexity index is 493. The minimum absolute atomic E-state index is 0.270. The van der Waals surface area contributed by atoms with Crippen LogP contribution in [0.2, 0.25) is 0 Å². The standard InChI is InChI=1S/C19H30O4/c1-7-16-11-12-17(8-2,13-16)19(10-4,15(21)23-6)18(16,9-3)14(20)22-5/h11-12H,7-10,13H2,1-6H3/t16-,17-,18?,19?/m1/s1. The van der Waals surface area contributed by atoms with Gasteiger partial charge < -0.3 is 9.47 Å². The van der Waals surface area contributed by atoms with E-state index in [9.17, 15) is 9.59 Å². The van der Waals surface area contributed by atoms with Gasteiger partial charge in [0.2, 0.25) is 0 Å². The quantitative estimate of drug-likeness (QED) is 0.550. The van der Waals surface area contributed by atoms with Crippen LogP contribution < -0.4 is 0 Å². The first-order valence-corrected chi connectivity index (χ1v) is 8.74. The van der Waals surface area contributed by atoms with E-state index in [1.807, 2.05) is 13.8 Å². The molecule has 0 radical (unpaired) electrons. The molecule has 0 aromatic rings. The molecule has 1 saturated carbocycles. The average molecular weight is 322 g/mol. The zero-order valence-corrected chi connectivity index (χ0v) is 15.3. The number of methoxy groups -OCH3 is 2. The van der Waals surface area contributed by atoms with Crippen molar-refractivity contribution in [3.05, 3.63) is 12.2 Å². The highest BCUT2D eigenvalue weighted by Crippen LogP contribution is 2.79. The Hall–Kier alpha value is -1.32. The summed E-state index contributed by atoms with van der Waals surface area (Å²) in [5.41, 5.74) is -2.41. The lowest BCUT2D eigenvalue weighted by atomic mass is 9.47. The van der Waals surface area contributed by atoms with Gasteiger partial charge in [0.1, 0.15) is 0 Å². The Kier molecular flexibility index (Phi) is 4.42. The first kappa shape index (κ1) is 18.0. The van der Waals surface area contributed by atoms with E-state index >= 15 is 0 Å². The second kappa shape index (κ2) is 5.64. The molecule has 0 N–H and O–H groups in total. The molecule has 2 aliphatic carbocycles. The van der Waals surface area contributed by atoms with E-state index in [0.717, 1.165) is 19.3 Å². The summed E-state index contributed by atoms with van der Waals surface area (Å²) in [6.07, 6.45) is 7.96. The summed E-state index contributed by atoms with van der Waals surface area (Å²) in [4.78, 5) is 26.2. The van der Waals surface area contributed by atoms with Gasteiger partial charge in [0.25, 0.3) is 0 Å². The molecule has 0 saturated heterocycles. The maximum absolute atomic E-state index is 13.1. The Morgan fingerprint density at radius 1 is 0.783 bits per heavy atom. The highest BCUT2D eigenvalue weighted by Gasteiger charge is 2.82. The van der Waals surface area contributed by atoms with Crippen LogP contribution in [0.4, 0.5) is 0 Å². The van der Waals surface area contributed by atoms with E-state index in [1.165, 1.54) is 14.2 Å². The smallest absolute Gasteiger partial charge is 0.313 e. The van der Waals surface area contributed by atoms with Crippen molar-refractivity contribution in [2.24, 2.45) is 21.7 Å². The molecular weight excluding hydrogens is 292 g/mol. The molecular formula is C19H30O4. The summed E-state index contributed by atoms with van der Waals surface area (Å²) in [6.45, 7) is 8.21. The van der Waals surface area contributed by atoms with Gasteiger partial charge in [-0.2, -0.15) is 0 Å².